The molecule has 2 fully saturated rings. The van der Waals surface area contributed by atoms with E-state index in [1.165, 1.54) is 19.3 Å². The molecular formula is C15H26N2O3. The van der Waals surface area contributed by atoms with Crippen LogP contribution in [-0.4, -0.2) is 47.1 Å². The van der Waals surface area contributed by atoms with E-state index in [1.807, 2.05) is 6.92 Å². The van der Waals surface area contributed by atoms with Gasteiger partial charge in [0.25, 0.3) is 0 Å². The van der Waals surface area contributed by atoms with Crippen molar-refractivity contribution in [3.05, 3.63) is 0 Å². The number of carbonyl (C=O) groups excluding carboxylic acids is 2. The Hall–Kier alpha value is -1.10. The van der Waals surface area contributed by atoms with Gasteiger partial charge in [-0.2, -0.15) is 0 Å². The lowest BCUT2D eigenvalue weighted by Gasteiger charge is -2.39. The number of nitrogens with one attached hydrogen (secondary N) is 1. The van der Waals surface area contributed by atoms with Crippen LogP contribution in [0.25, 0.3) is 0 Å². The van der Waals surface area contributed by atoms with Crippen molar-refractivity contribution in [1.82, 2.24) is 10.2 Å². The SMILES string of the molecule is C[C@](CO)(NC(=O)CN1CCCC1=O)C1CCCCC1. The molecule has 0 bridgehead atoms. The van der Waals surface area contributed by atoms with Crippen LogP contribution in [0.3, 0.4) is 0 Å². The Morgan fingerprint density at radius 2 is 2.05 bits per heavy atom. The molecule has 1 aliphatic carbocycles. The Kier molecular flexibility index (Phi) is 5.02. The molecule has 2 aliphatic rings. The first-order valence-corrected chi connectivity index (χ1v) is 7.75. The molecule has 0 radical (unpaired) electrons. The molecule has 20 heavy (non-hydrogen) atoms. The number of amides is 2. The summed E-state index contributed by atoms with van der Waals surface area (Å²) in [6, 6.07) is 0. The molecule has 0 aromatic rings. The lowest BCUT2D eigenvalue weighted by molar-refractivity contribution is -0.134. The highest BCUT2D eigenvalue weighted by atomic mass is 16.3. The molecule has 2 rings (SSSR count). The van der Waals surface area contributed by atoms with Gasteiger partial charge in [-0.3, -0.25) is 9.59 Å². The van der Waals surface area contributed by atoms with Gasteiger partial charge >= 0.3 is 0 Å². The largest absolute Gasteiger partial charge is 0.394 e. The molecule has 0 unspecified atom stereocenters. The number of nitrogens with zero attached hydrogens (tertiary/aromatic N) is 1. The summed E-state index contributed by atoms with van der Waals surface area (Å²) >= 11 is 0. The first kappa shape index (κ1) is 15.3. The second-order valence-electron chi connectivity index (χ2n) is 6.38. The van der Waals surface area contributed by atoms with Crippen LogP contribution < -0.4 is 5.32 Å². The number of carbonyl (C=O) groups is 2. The highest BCUT2D eigenvalue weighted by Crippen LogP contribution is 2.32. The smallest absolute Gasteiger partial charge is 0.240 e. The Morgan fingerprint density at radius 1 is 1.35 bits per heavy atom. The number of aliphatic hydroxyl groups excluding tert-OH is 1. The van der Waals surface area contributed by atoms with Crippen LogP contribution in [0.1, 0.15) is 51.9 Å². The van der Waals surface area contributed by atoms with E-state index in [4.69, 9.17) is 0 Å². The Morgan fingerprint density at radius 3 is 2.60 bits per heavy atom. The summed E-state index contributed by atoms with van der Waals surface area (Å²) in [7, 11) is 0. The zero-order valence-corrected chi connectivity index (χ0v) is 12.4. The zero-order valence-electron chi connectivity index (χ0n) is 12.4. The lowest BCUT2D eigenvalue weighted by Crippen LogP contribution is -2.56. The molecule has 2 N–H and O–H groups in total. The number of hydrogen-bond acceptors (Lipinski definition) is 3. The fourth-order valence-corrected chi connectivity index (χ4v) is 3.41. The number of likely N-dealkylation sites (tertiary alicyclic amines) is 1. The van der Waals surface area contributed by atoms with E-state index in [0.717, 1.165) is 19.3 Å². The van der Waals surface area contributed by atoms with Crippen molar-refractivity contribution in [3.8, 4) is 0 Å². The number of hydrogen-bond donors (Lipinski definition) is 2. The van der Waals surface area contributed by atoms with Gasteiger partial charge in [-0.05, 0) is 32.1 Å². The molecular weight excluding hydrogens is 256 g/mol. The molecule has 5 heteroatoms. The van der Waals surface area contributed by atoms with Gasteiger partial charge in [0, 0.05) is 13.0 Å². The maximum Gasteiger partial charge on any atom is 0.240 e. The van der Waals surface area contributed by atoms with Gasteiger partial charge in [-0.15, -0.1) is 0 Å². The fourth-order valence-electron chi connectivity index (χ4n) is 3.41. The van der Waals surface area contributed by atoms with Crippen LogP contribution in [0.2, 0.25) is 0 Å². The third-order valence-corrected chi connectivity index (χ3v) is 4.77. The van der Waals surface area contributed by atoms with E-state index < -0.39 is 5.54 Å². The van der Waals surface area contributed by atoms with Gasteiger partial charge in [-0.25, -0.2) is 0 Å². The molecule has 1 saturated carbocycles. The van der Waals surface area contributed by atoms with Crippen molar-refractivity contribution in [3.63, 3.8) is 0 Å². The summed E-state index contributed by atoms with van der Waals surface area (Å²) in [5.74, 6) is 0.241. The van der Waals surface area contributed by atoms with E-state index in [1.54, 1.807) is 4.90 Å². The minimum absolute atomic E-state index is 0.0443. The van der Waals surface area contributed by atoms with E-state index in [0.29, 0.717) is 18.9 Å². The predicted octanol–water partition coefficient (Wildman–Crippen LogP) is 1.06. The molecule has 2 amide bonds. The highest BCUT2D eigenvalue weighted by Gasteiger charge is 2.36. The minimum Gasteiger partial charge on any atom is -0.394 e. The van der Waals surface area contributed by atoms with Crippen LogP contribution in [-0.2, 0) is 9.59 Å². The van der Waals surface area contributed by atoms with Gasteiger partial charge in [0.05, 0.1) is 18.7 Å². The van der Waals surface area contributed by atoms with Crippen molar-refractivity contribution in [2.24, 2.45) is 5.92 Å². The van der Waals surface area contributed by atoms with Crippen molar-refractivity contribution in [2.75, 3.05) is 19.7 Å². The third-order valence-electron chi connectivity index (χ3n) is 4.77. The Balaban J connectivity index is 1.90. The normalized spacial score (nSPS) is 23.7. The topological polar surface area (TPSA) is 69.6 Å². The highest BCUT2D eigenvalue weighted by molar-refractivity contribution is 5.86. The average Bonchev–Trinajstić information content (AvgIpc) is 2.85. The summed E-state index contributed by atoms with van der Waals surface area (Å²) in [4.78, 5) is 25.3. The molecule has 5 nitrogen and oxygen atoms in total. The Bertz CT molecular complexity index is 366. The minimum atomic E-state index is -0.555. The molecule has 1 atom stereocenters. The summed E-state index contributed by atoms with van der Waals surface area (Å²) in [5, 5.41) is 12.7. The van der Waals surface area contributed by atoms with Gasteiger partial charge in [0.1, 0.15) is 0 Å². The van der Waals surface area contributed by atoms with Crippen molar-refractivity contribution >= 4 is 11.8 Å². The van der Waals surface area contributed by atoms with Crippen molar-refractivity contribution in [2.45, 2.75) is 57.4 Å². The van der Waals surface area contributed by atoms with Crippen molar-refractivity contribution < 1.29 is 14.7 Å². The predicted molar refractivity (Wildman–Crippen MR) is 76.0 cm³/mol. The fraction of sp³-hybridized carbons (Fsp3) is 0.867. The summed E-state index contributed by atoms with van der Waals surface area (Å²) in [5.41, 5.74) is -0.555. The van der Waals surface area contributed by atoms with E-state index in [9.17, 15) is 14.7 Å². The molecule has 114 valence electrons. The van der Waals surface area contributed by atoms with Gasteiger partial charge in [0.15, 0.2) is 0 Å². The molecule has 0 aromatic heterocycles. The number of rotatable bonds is 5. The monoisotopic (exact) mass is 282 g/mol. The van der Waals surface area contributed by atoms with Crippen LogP contribution in [0.15, 0.2) is 0 Å². The van der Waals surface area contributed by atoms with E-state index in [-0.39, 0.29) is 25.0 Å². The first-order chi connectivity index (χ1) is 9.55. The van der Waals surface area contributed by atoms with Crippen LogP contribution in [0, 0.1) is 5.92 Å². The zero-order chi connectivity index (χ0) is 14.6. The van der Waals surface area contributed by atoms with Gasteiger partial charge in [0.2, 0.25) is 11.8 Å². The average molecular weight is 282 g/mol. The lowest BCUT2D eigenvalue weighted by atomic mass is 9.76. The molecule has 0 aromatic carbocycles. The van der Waals surface area contributed by atoms with Crippen LogP contribution in [0.4, 0.5) is 0 Å². The maximum atomic E-state index is 12.1. The van der Waals surface area contributed by atoms with Gasteiger partial charge in [-0.1, -0.05) is 19.3 Å². The molecule has 1 heterocycles. The second-order valence-corrected chi connectivity index (χ2v) is 6.38. The summed E-state index contributed by atoms with van der Waals surface area (Å²) in [6.45, 7) is 2.68. The summed E-state index contributed by atoms with van der Waals surface area (Å²) in [6.07, 6.45) is 7.08. The first-order valence-electron chi connectivity index (χ1n) is 7.75. The molecule has 0 spiro atoms. The molecule has 1 aliphatic heterocycles. The quantitative estimate of drug-likeness (QED) is 0.792. The van der Waals surface area contributed by atoms with E-state index >= 15 is 0 Å². The van der Waals surface area contributed by atoms with Crippen LogP contribution >= 0.6 is 0 Å². The maximum absolute atomic E-state index is 12.1. The third kappa shape index (κ3) is 3.51. The summed E-state index contributed by atoms with van der Waals surface area (Å²) < 4.78 is 0. The standard InChI is InChI=1S/C15H26N2O3/c1-15(11-18,12-6-3-2-4-7-12)16-13(19)10-17-9-5-8-14(17)20/h12,18H,2-11H2,1H3,(H,16,19)/t15-/m1/s1. The Labute approximate surface area is 120 Å². The molecule has 1 saturated heterocycles. The van der Waals surface area contributed by atoms with Gasteiger partial charge < -0.3 is 15.3 Å². The van der Waals surface area contributed by atoms with Crippen molar-refractivity contribution in [1.29, 1.82) is 0 Å². The van der Waals surface area contributed by atoms with Crippen LogP contribution in [0.5, 0.6) is 0 Å². The van der Waals surface area contributed by atoms with E-state index in [2.05, 4.69) is 5.32 Å². The number of aliphatic hydroxyl groups is 1. The second kappa shape index (κ2) is 6.57.